The fourth-order valence-electron chi connectivity index (χ4n) is 1.89. The van der Waals surface area contributed by atoms with E-state index in [1.165, 1.54) is 24.3 Å². The normalized spacial score (nSPS) is 13.8. The average molecular weight is 336 g/mol. The lowest BCUT2D eigenvalue weighted by Gasteiger charge is -2.24. The second-order valence-electron chi connectivity index (χ2n) is 6.48. The Morgan fingerprint density at radius 2 is 1.79 bits per heavy atom. The minimum Gasteiger partial charge on any atom is -0.388 e. The van der Waals surface area contributed by atoms with Gasteiger partial charge in [-0.2, -0.15) is 0 Å². The van der Waals surface area contributed by atoms with E-state index in [9.17, 15) is 19.1 Å². The first kappa shape index (κ1) is 19.8. The third-order valence-corrected chi connectivity index (χ3v) is 3.40. The molecular weight excluding hydrogens is 311 g/mol. The molecule has 6 heteroatoms. The largest absolute Gasteiger partial charge is 0.388 e. The fraction of sp³-hybridized carbons (Fsp3) is 0.444. The highest BCUT2D eigenvalue weighted by Crippen LogP contribution is 2.15. The topological polar surface area (TPSA) is 78.4 Å². The molecule has 132 valence electrons. The molecule has 3 N–H and O–H groups in total. The predicted octanol–water partition coefficient (Wildman–Crippen LogP) is 2.62. The Morgan fingerprint density at radius 1 is 1.21 bits per heavy atom. The molecule has 0 aliphatic heterocycles. The van der Waals surface area contributed by atoms with E-state index in [0.717, 1.165) is 18.6 Å². The summed E-state index contributed by atoms with van der Waals surface area (Å²) in [4.78, 5) is 23.4. The monoisotopic (exact) mass is 336 g/mol. The Balaban J connectivity index is 2.39. The Kier molecular flexibility index (Phi) is 7.58. The molecule has 1 unspecified atom stereocenters. The molecule has 0 aliphatic carbocycles. The number of hydrogen-bond acceptors (Lipinski definition) is 3. The molecule has 0 saturated heterocycles. The minimum absolute atomic E-state index is 0.114. The SMILES string of the molecule is CC(C)CCC(C)(O)CNC(=O)/C=C/C(=O)Nc1ccc(F)cc1. The maximum atomic E-state index is 12.8. The van der Waals surface area contributed by atoms with Crippen molar-refractivity contribution in [3.63, 3.8) is 0 Å². The third kappa shape index (κ3) is 8.43. The van der Waals surface area contributed by atoms with Crippen molar-refractivity contribution in [2.75, 3.05) is 11.9 Å². The number of amides is 2. The van der Waals surface area contributed by atoms with E-state index in [2.05, 4.69) is 24.5 Å². The molecule has 0 fully saturated rings. The van der Waals surface area contributed by atoms with Crippen molar-refractivity contribution >= 4 is 17.5 Å². The van der Waals surface area contributed by atoms with Gasteiger partial charge < -0.3 is 15.7 Å². The summed E-state index contributed by atoms with van der Waals surface area (Å²) in [5, 5.41) is 15.2. The first-order valence-electron chi connectivity index (χ1n) is 7.93. The zero-order valence-electron chi connectivity index (χ0n) is 14.3. The summed E-state index contributed by atoms with van der Waals surface area (Å²) in [6.07, 6.45) is 3.62. The van der Waals surface area contributed by atoms with Crippen LogP contribution in [0.2, 0.25) is 0 Å². The van der Waals surface area contributed by atoms with Crippen LogP contribution in [0.15, 0.2) is 36.4 Å². The smallest absolute Gasteiger partial charge is 0.248 e. The van der Waals surface area contributed by atoms with Crippen LogP contribution in [-0.4, -0.2) is 29.1 Å². The van der Waals surface area contributed by atoms with Gasteiger partial charge in [0.15, 0.2) is 0 Å². The minimum atomic E-state index is -0.982. The standard InChI is InChI=1S/C18H25FN2O3/c1-13(2)10-11-18(3,24)12-20-16(22)8-9-17(23)21-15-6-4-14(19)5-7-15/h4-9,13,24H,10-12H2,1-3H3,(H,20,22)(H,21,23)/b9-8+. The molecule has 1 rings (SSSR count). The molecule has 0 aromatic heterocycles. The molecular formula is C18H25FN2O3. The highest BCUT2D eigenvalue weighted by atomic mass is 19.1. The lowest BCUT2D eigenvalue weighted by Crippen LogP contribution is -2.40. The molecule has 0 heterocycles. The highest BCUT2D eigenvalue weighted by molar-refractivity contribution is 6.03. The van der Waals surface area contributed by atoms with Crippen LogP contribution in [0.4, 0.5) is 10.1 Å². The Hall–Kier alpha value is -2.21. The molecule has 0 radical (unpaired) electrons. The number of rotatable bonds is 8. The van der Waals surface area contributed by atoms with E-state index in [1.807, 2.05) is 0 Å². The number of hydrogen-bond donors (Lipinski definition) is 3. The van der Waals surface area contributed by atoms with Gasteiger partial charge in [-0.05, 0) is 49.9 Å². The molecule has 24 heavy (non-hydrogen) atoms. The number of aliphatic hydroxyl groups is 1. The van der Waals surface area contributed by atoms with Crippen LogP contribution in [0.5, 0.6) is 0 Å². The Labute approximate surface area is 142 Å². The quantitative estimate of drug-likeness (QED) is 0.639. The van der Waals surface area contributed by atoms with Gasteiger partial charge in [0.25, 0.3) is 0 Å². The lowest BCUT2D eigenvalue weighted by atomic mass is 9.95. The average Bonchev–Trinajstić information content (AvgIpc) is 2.51. The van der Waals surface area contributed by atoms with Crippen LogP contribution < -0.4 is 10.6 Å². The van der Waals surface area contributed by atoms with Crippen LogP contribution in [0.1, 0.15) is 33.6 Å². The Bertz CT molecular complexity index is 580. The van der Waals surface area contributed by atoms with E-state index < -0.39 is 23.2 Å². The van der Waals surface area contributed by atoms with E-state index in [4.69, 9.17) is 0 Å². The maximum absolute atomic E-state index is 12.8. The van der Waals surface area contributed by atoms with Crippen molar-refractivity contribution in [2.45, 2.75) is 39.2 Å². The molecule has 1 aromatic carbocycles. The number of carbonyl (C=O) groups is 2. The number of nitrogens with one attached hydrogen (secondary N) is 2. The van der Waals surface area contributed by atoms with Crippen molar-refractivity contribution in [2.24, 2.45) is 5.92 Å². The molecule has 0 aliphatic rings. The van der Waals surface area contributed by atoms with Gasteiger partial charge in [0.2, 0.25) is 11.8 Å². The van der Waals surface area contributed by atoms with Crippen LogP contribution >= 0.6 is 0 Å². The Morgan fingerprint density at radius 3 is 2.38 bits per heavy atom. The van der Waals surface area contributed by atoms with Gasteiger partial charge in [0, 0.05) is 24.4 Å². The van der Waals surface area contributed by atoms with Crippen LogP contribution in [-0.2, 0) is 9.59 Å². The summed E-state index contributed by atoms with van der Waals surface area (Å²) in [6, 6.07) is 5.30. The van der Waals surface area contributed by atoms with Crippen LogP contribution in [0.3, 0.4) is 0 Å². The van der Waals surface area contributed by atoms with Gasteiger partial charge in [-0.1, -0.05) is 13.8 Å². The van der Waals surface area contributed by atoms with Crippen molar-refractivity contribution in [3.8, 4) is 0 Å². The van der Waals surface area contributed by atoms with Crippen molar-refractivity contribution < 1.29 is 19.1 Å². The summed E-state index contributed by atoms with van der Waals surface area (Å²) < 4.78 is 12.8. The first-order chi connectivity index (χ1) is 11.2. The maximum Gasteiger partial charge on any atom is 0.248 e. The van der Waals surface area contributed by atoms with Crippen molar-refractivity contribution in [1.82, 2.24) is 5.32 Å². The van der Waals surface area contributed by atoms with Gasteiger partial charge in [-0.3, -0.25) is 9.59 Å². The summed E-state index contributed by atoms with van der Waals surface area (Å²) in [5.74, 6) is -0.882. The van der Waals surface area contributed by atoms with E-state index in [1.54, 1.807) is 6.92 Å². The molecule has 2 amide bonds. The summed E-state index contributed by atoms with van der Waals surface area (Å²) in [6.45, 7) is 5.91. The molecule has 0 bridgehead atoms. The van der Waals surface area contributed by atoms with Gasteiger partial charge >= 0.3 is 0 Å². The van der Waals surface area contributed by atoms with Crippen LogP contribution in [0, 0.1) is 11.7 Å². The third-order valence-electron chi connectivity index (χ3n) is 3.40. The van der Waals surface area contributed by atoms with E-state index in [0.29, 0.717) is 18.0 Å². The summed E-state index contributed by atoms with van der Waals surface area (Å²) >= 11 is 0. The van der Waals surface area contributed by atoms with Gasteiger partial charge in [0.05, 0.1) is 5.60 Å². The molecule has 0 spiro atoms. The van der Waals surface area contributed by atoms with Gasteiger partial charge in [-0.15, -0.1) is 0 Å². The van der Waals surface area contributed by atoms with Gasteiger partial charge in [0.1, 0.15) is 5.82 Å². The van der Waals surface area contributed by atoms with Crippen molar-refractivity contribution in [1.29, 1.82) is 0 Å². The first-order valence-corrected chi connectivity index (χ1v) is 7.93. The molecule has 1 atom stereocenters. The number of halogens is 1. The predicted molar refractivity (Wildman–Crippen MR) is 91.9 cm³/mol. The molecule has 1 aromatic rings. The van der Waals surface area contributed by atoms with Gasteiger partial charge in [-0.25, -0.2) is 4.39 Å². The zero-order chi connectivity index (χ0) is 18.2. The number of benzene rings is 1. The zero-order valence-corrected chi connectivity index (χ0v) is 14.3. The van der Waals surface area contributed by atoms with Crippen LogP contribution in [0.25, 0.3) is 0 Å². The molecule has 5 nitrogen and oxygen atoms in total. The fourth-order valence-corrected chi connectivity index (χ4v) is 1.89. The summed E-state index contributed by atoms with van der Waals surface area (Å²) in [5.41, 5.74) is -0.549. The summed E-state index contributed by atoms with van der Waals surface area (Å²) in [7, 11) is 0. The number of carbonyl (C=O) groups excluding carboxylic acids is 2. The highest BCUT2D eigenvalue weighted by Gasteiger charge is 2.20. The van der Waals surface area contributed by atoms with Crippen molar-refractivity contribution in [3.05, 3.63) is 42.2 Å². The lowest BCUT2D eigenvalue weighted by molar-refractivity contribution is -0.118. The molecule has 0 saturated carbocycles. The van der Waals surface area contributed by atoms with E-state index in [-0.39, 0.29) is 6.54 Å². The number of anilines is 1. The van der Waals surface area contributed by atoms with E-state index >= 15 is 0 Å². The second kappa shape index (κ2) is 9.17. The second-order valence-corrected chi connectivity index (χ2v) is 6.48.